The van der Waals surface area contributed by atoms with Gasteiger partial charge in [0, 0.05) is 6.42 Å². The normalized spacial score (nSPS) is 20.6. The number of carbonyl (C=O) groups excluding carboxylic acids is 1. The number of hydrogen-bond donors (Lipinski definition) is 2. The Morgan fingerprint density at radius 1 is 1.43 bits per heavy atom. The number of carbonyl (C=O) groups is 1. The van der Waals surface area contributed by atoms with Gasteiger partial charge in [0.1, 0.15) is 11.9 Å². The first-order chi connectivity index (χ1) is 11.1. The van der Waals surface area contributed by atoms with Gasteiger partial charge in [0.25, 0.3) is 0 Å². The number of rotatable bonds is 7. The van der Waals surface area contributed by atoms with Crippen LogP contribution in [0.1, 0.15) is 33.1 Å². The van der Waals surface area contributed by atoms with Crippen molar-refractivity contribution in [2.24, 2.45) is 11.8 Å². The van der Waals surface area contributed by atoms with Crippen molar-refractivity contribution in [1.82, 2.24) is 10.6 Å². The Kier molecular flexibility index (Phi) is 7.37. The van der Waals surface area contributed by atoms with Crippen molar-refractivity contribution in [3.63, 3.8) is 0 Å². The Hall–Kier alpha value is -1.07. The molecule has 1 heterocycles. The van der Waals surface area contributed by atoms with Crippen LogP contribution in [0.15, 0.2) is 28.7 Å². The molecule has 0 aliphatic carbocycles. The van der Waals surface area contributed by atoms with Crippen molar-refractivity contribution in [2.75, 3.05) is 19.6 Å². The van der Waals surface area contributed by atoms with E-state index in [-0.39, 0.29) is 12.0 Å². The Morgan fingerprint density at radius 3 is 2.91 bits per heavy atom. The van der Waals surface area contributed by atoms with E-state index < -0.39 is 0 Å². The largest absolute Gasteiger partial charge is 0.488 e. The fraction of sp³-hybridized carbons (Fsp3) is 0.611. The maximum Gasteiger partial charge on any atom is 0.220 e. The Morgan fingerprint density at radius 2 is 2.22 bits per heavy atom. The summed E-state index contributed by atoms with van der Waals surface area (Å²) in [5.74, 6) is 1.95. The minimum Gasteiger partial charge on any atom is -0.488 e. The molecule has 1 aliphatic heterocycles. The van der Waals surface area contributed by atoms with E-state index in [4.69, 9.17) is 4.74 Å². The number of para-hydroxylation sites is 1. The lowest BCUT2D eigenvalue weighted by Gasteiger charge is -2.28. The van der Waals surface area contributed by atoms with E-state index in [1.54, 1.807) is 0 Å². The van der Waals surface area contributed by atoms with Gasteiger partial charge in [-0.2, -0.15) is 0 Å². The Bertz CT molecular complexity index is 504. The minimum absolute atomic E-state index is 0.0655. The molecule has 2 N–H and O–H groups in total. The Balaban J connectivity index is 1.70. The zero-order valence-electron chi connectivity index (χ0n) is 14.0. The van der Waals surface area contributed by atoms with Gasteiger partial charge in [0.15, 0.2) is 0 Å². The zero-order valence-corrected chi connectivity index (χ0v) is 15.6. The fourth-order valence-electron chi connectivity index (χ4n) is 2.95. The Labute approximate surface area is 147 Å². The van der Waals surface area contributed by atoms with E-state index in [2.05, 4.69) is 33.5 Å². The zero-order chi connectivity index (χ0) is 16.7. The summed E-state index contributed by atoms with van der Waals surface area (Å²) >= 11 is 3.46. The standard InChI is InChI=1S/C18H27BrN2O2/c1-13(15-6-5-9-20-12-15)10-18(22)21-11-14(2)23-17-8-4-3-7-16(17)19/h3-4,7-8,13-15,20H,5-6,9-12H2,1-2H3,(H,21,22). The van der Waals surface area contributed by atoms with Gasteiger partial charge in [0.2, 0.25) is 5.91 Å². The lowest BCUT2D eigenvalue weighted by atomic mass is 9.85. The second kappa shape index (κ2) is 9.28. The number of halogens is 1. The van der Waals surface area contributed by atoms with Gasteiger partial charge >= 0.3 is 0 Å². The molecule has 23 heavy (non-hydrogen) atoms. The van der Waals surface area contributed by atoms with Gasteiger partial charge in [-0.15, -0.1) is 0 Å². The van der Waals surface area contributed by atoms with Crippen LogP contribution in [0.4, 0.5) is 0 Å². The summed E-state index contributed by atoms with van der Waals surface area (Å²) in [7, 11) is 0. The van der Waals surface area contributed by atoms with Crippen molar-refractivity contribution in [3.8, 4) is 5.75 Å². The SMILES string of the molecule is CC(CNC(=O)CC(C)C1CCCNC1)Oc1ccccc1Br. The topological polar surface area (TPSA) is 50.4 Å². The highest BCUT2D eigenvalue weighted by Gasteiger charge is 2.22. The molecule has 1 fully saturated rings. The first-order valence-electron chi connectivity index (χ1n) is 8.45. The average molecular weight is 383 g/mol. The van der Waals surface area contributed by atoms with Gasteiger partial charge in [0.05, 0.1) is 11.0 Å². The van der Waals surface area contributed by atoms with Crippen molar-refractivity contribution in [3.05, 3.63) is 28.7 Å². The number of ether oxygens (including phenoxy) is 1. The third-order valence-electron chi connectivity index (χ3n) is 4.40. The summed E-state index contributed by atoms with van der Waals surface area (Å²) in [6.45, 7) is 6.82. The van der Waals surface area contributed by atoms with Gasteiger partial charge in [-0.1, -0.05) is 19.1 Å². The highest BCUT2D eigenvalue weighted by Crippen LogP contribution is 2.25. The lowest BCUT2D eigenvalue weighted by Crippen LogP contribution is -2.37. The van der Waals surface area contributed by atoms with Crippen molar-refractivity contribution in [1.29, 1.82) is 0 Å². The van der Waals surface area contributed by atoms with Gasteiger partial charge < -0.3 is 15.4 Å². The number of benzene rings is 1. The van der Waals surface area contributed by atoms with Crippen molar-refractivity contribution in [2.45, 2.75) is 39.2 Å². The number of amides is 1. The van der Waals surface area contributed by atoms with Crippen LogP contribution in [0.5, 0.6) is 5.75 Å². The molecule has 3 atom stereocenters. The van der Waals surface area contributed by atoms with E-state index in [1.165, 1.54) is 12.8 Å². The minimum atomic E-state index is -0.0655. The van der Waals surface area contributed by atoms with Gasteiger partial charge in [-0.25, -0.2) is 0 Å². The number of hydrogen-bond acceptors (Lipinski definition) is 3. The van der Waals surface area contributed by atoms with E-state index in [0.29, 0.717) is 24.8 Å². The molecule has 1 amide bonds. The molecule has 0 saturated carbocycles. The van der Waals surface area contributed by atoms with Crippen LogP contribution < -0.4 is 15.4 Å². The third kappa shape index (κ3) is 6.15. The van der Waals surface area contributed by atoms with E-state index in [1.807, 2.05) is 31.2 Å². The second-order valence-electron chi connectivity index (χ2n) is 6.45. The van der Waals surface area contributed by atoms with Gasteiger partial charge in [-0.05, 0) is 72.8 Å². The lowest BCUT2D eigenvalue weighted by molar-refractivity contribution is -0.122. The first kappa shape index (κ1) is 18.3. The highest BCUT2D eigenvalue weighted by atomic mass is 79.9. The molecule has 0 aromatic heterocycles. The van der Waals surface area contributed by atoms with Crippen LogP contribution in [0, 0.1) is 11.8 Å². The van der Waals surface area contributed by atoms with E-state index in [9.17, 15) is 4.79 Å². The van der Waals surface area contributed by atoms with Gasteiger partial charge in [-0.3, -0.25) is 4.79 Å². The average Bonchev–Trinajstić information content (AvgIpc) is 2.56. The maximum absolute atomic E-state index is 12.1. The van der Waals surface area contributed by atoms with Crippen LogP contribution in [-0.4, -0.2) is 31.6 Å². The molecule has 1 aromatic rings. The molecule has 3 unspecified atom stereocenters. The van der Waals surface area contributed by atoms with Crippen LogP contribution in [0.25, 0.3) is 0 Å². The highest BCUT2D eigenvalue weighted by molar-refractivity contribution is 9.10. The molecule has 0 bridgehead atoms. The molecule has 0 radical (unpaired) electrons. The maximum atomic E-state index is 12.1. The molecule has 1 saturated heterocycles. The molecule has 1 aliphatic rings. The third-order valence-corrected chi connectivity index (χ3v) is 5.05. The summed E-state index contributed by atoms with van der Waals surface area (Å²) in [4.78, 5) is 12.1. The summed E-state index contributed by atoms with van der Waals surface area (Å²) in [6.07, 6.45) is 2.97. The van der Waals surface area contributed by atoms with Crippen LogP contribution in [-0.2, 0) is 4.79 Å². The molecule has 2 rings (SSSR count). The predicted octanol–water partition coefficient (Wildman–Crippen LogP) is 3.36. The summed E-state index contributed by atoms with van der Waals surface area (Å²) < 4.78 is 6.77. The summed E-state index contributed by atoms with van der Waals surface area (Å²) in [6, 6.07) is 7.75. The molecular weight excluding hydrogens is 356 g/mol. The van der Waals surface area contributed by atoms with Crippen molar-refractivity contribution >= 4 is 21.8 Å². The van der Waals surface area contributed by atoms with Crippen LogP contribution in [0.3, 0.4) is 0 Å². The summed E-state index contributed by atoms with van der Waals surface area (Å²) in [5, 5.41) is 6.41. The van der Waals surface area contributed by atoms with E-state index >= 15 is 0 Å². The van der Waals surface area contributed by atoms with Crippen LogP contribution in [0.2, 0.25) is 0 Å². The number of piperidine rings is 1. The molecule has 1 aromatic carbocycles. The molecule has 0 spiro atoms. The molecular formula is C18H27BrN2O2. The quantitative estimate of drug-likeness (QED) is 0.759. The predicted molar refractivity (Wildman–Crippen MR) is 96.6 cm³/mol. The summed E-state index contributed by atoms with van der Waals surface area (Å²) in [5.41, 5.74) is 0. The molecule has 128 valence electrons. The first-order valence-corrected chi connectivity index (χ1v) is 9.24. The smallest absolute Gasteiger partial charge is 0.220 e. The molecule has 5 heteroatoms. The molecule has 4 nitrogen and oxygen atoms in total. The van der Waals surface area contributed by atoms with E-state index in [0.717, 1.165) is 23.3 Å². The van der Waals surface area contributed by atoms with Crippen molar-refractivity contribution < 1.29 is 9.53 Å². The monoisotopic (exact) mass is 382 g/mol. The fourth-order valence-corrected chi connectivity index (χ4v) is 3.33. The number of nitrogens with one attached hydrogen (secondary N) is 2. The van der Waals surface area contributed by atoms with Crippen LogP contribution >= 0.6 is 15.9 Å². The second-order valence-corrected chi connectivity index (χ2v) is 7.31.